The van der Waals surface area contributed by atoms with E-state index in [9.17, 15) is 0 Å². The quantitative estimate of drug-likeness (QED) is 0.531. The molecule has 0 amide bonds. The highest BCUT2D eigenvalue weighted by molar-refractivity contribution is 7.18. The average molecular weight is 387 g/mol. The maximum absolute atomic E-state index is 5.92. The van der Waals surface area contributed by atoms with E-state index in [2.05, 4.69) is 25.5 Å². The Bertz CT molecular complexity index is 1140. The number of aromatic nitrogens is 4. The Labute approximate surface area is 168 Å². The minimum Gasteiger partial charge on any atom is -0.497 e. The van der Waals surface area contributed by atoms with Crippen LogP contribution >= 0.6 is 11.3 Å². The van der Waals surface area contributed by atoms with E-state index in [0.717, 1.165) is 48.8 Å². The van der Waals surface area contributed by atoms with Crippen molar-refractivity contribution in [2.75, 3.05) is 12.4 Å². The highest BCUT2D eigenvalue weighted by Gasteiger charge is 2.11. The molecule has 2 aromatic heterocycles. The van der Waals surface area contributed by atoms with Crippen molar-refractivity contribution in [2.45, 2.75) is 20.4 Å². The van der Waals surface area contributed by atoms with Crippen molar-refractivity contribution in [3.63, 3.8) is 0 Å². The average Bonchev–Trinajstić information content (AvgIpc) is 3.08. The van der Waals surface area contributed by atoms with Gasteiger partial charge in [-0.2, -0.15) is 5.10 Å². The molecule has 0 fully saturated rings. The number of fused-ring (bicyclic) bond motifs is 1. The summed E-state index contributed by atoms with van der Waals surface area (Å²) in [5.41, 5.74) is 5.57. The Morgan fingerprint density at radius 1 is 1.11 bits per heavy atom. The van der Waals surface area contributed by atoms with Crippen LogP contribution in [0.15, 0.2) is 36.5 Å². The van der Waals surface area contributed by atoms with E-state index in [-0.39, 0.29) is 0 Å². The molecule has 4 aromatic rings. The Hall–Kier alpha value is -3.00. The summed E-state index contributed by atoms with van der Waals surface area (Å²) in [7, 11) is 7.57. The van der Waals surface area contributed by atoms with Crippen LogP contribution in [0.5, 0.6) is 5.75 Å². The molecule has 138 valence electrons. The van der Waals surface area contributed by atoms with Crippen LogP contribution in [0.4, 0.5) is 5.95 Å². The first-order valence-corrected chi connectivity index (χ1v) is 9.59. The summed E-state index contributed by atoms with van der Waals surface area (Å²) in [4.78, 5) is 9.26. The smallest absolute Gasteiger partial charge is 0.243 e. The zero-order valence-corrected chi connectivity index (χ0v) is 16.7. The highest BCUT2D eigenvalue weighted by Crippen LogP contribution is 2.27. The maximum atomic E-state index is 5.92. The molecule has 0 saturated heterocycles. The summed E-state index contributed by atoms with van der Waals surface area (Å²) in [5.74, 6) is 1.26. The second kappa shape index (κ2) is 7.56. The first kappa shape index (κ1) is 18.4. The molecular weight excluding hydrogens is 369 g/mol. The first-order valence-electron chi connectivity index (χ1n) is 8.77. The molecule has 0 saturated carbocycles. The van der Waals surface area contributed by atoms with Gasteiger partial charge >= 0.3 is 0 Å². The zero-order chi connectivity index (χ0) is 19.7. The molecule has 2 radical (unpaired) electrons. The molecule has 0 atom stereocenters. The third-order valence-corrected chi connectivity index (χ3v) is 5.44. The second-order valence-electron chi connectivity index (χ2n) is 6.49. The van der Waals surface area contributed by atoms with E-state index in [1.807, 2.05) is 44.2 Å². The van der Waals surface area contributed by atoms with Crippen LogP contribution < -0.4 is 15.5 Å². The molecule has 2 heterocycles. The van der Waals surface area contributed by atoms with Crippen molar-refractivity contribution < 1.29 is 4.74 Å². The van der Waals surface area contributed by atoms with Gasteiger partial charge in [0, 0.05) is 11.6 Å². The SMILES string of the molecule is [B]c1cc(C)c(-c2cnnc(NCc3nc4cc(OC)ccc4s3)n2)c(C)c1. The van der Waals surface area contributed by atoms with Gasteiger partial charge in [0.05, 0.1) is 35.8 Å². The number of ether oxygens (including phenoxy) is 1. The van der Waals surface area contributed by atoms with Crippen molar-refractivity contribution in [1.29, 1.82) is 0 Å². The van der Waals surface area contributed by atoms with Gasteiger partial charge < -0.3 is 10.1 Å². The number of hydrogen-bond acceptors (Lipinski definition) is 7. The van der Waals surface area contributed by atoms with Crippen molar-refractivity contribution in [3.8, 4) is 17.0 Å². The van der Waals surface area contributed by atoms with Gasteiger partial charge in [-0.05, 0) is 37.1 Å². The minimum atomic E-state index is 0.463. The van der Waals surface area contributed by atoms with Gasteiger partial charge in [0.1, 0.15) is 18.6 Å². The summed E-state index contributed by atoms with van der Waals surface area (Å²) >= 11 is 1.62. The van der Waals surface area contributed by atoms with E-state index >= 15 is 0 Å². The molecule has 1 N–H and O–H groups in total. The van der Waals surface area contributed by atoms with Gasteiger partial charge in [0.2, 0.25) is 5.95 Å². The lowest BCUT2D eigenvalue weighted by Gasteiger charge is -2.11. The lowest BCUT2D eigenvalue weighted by atomic mass is 9.88. The molecule has 0 unspecified atom stereocenters. The van der Waals surface area contributed by atoms with Crippen LogP contribution in [-0.4, -0.2) is 35.1 Å². The first-order chi connectivity index (χ1) is 13.5. The van der Waals surface area contributed by atoms with E-state index in [1.165, 1.54) is 0 Å². The van der Waals surface area contributed by atoms with Gasteiger partial charge in [-0.15, -0.1) is 16.4 Å². The number of nitrogens with one attached hydrogen (secondary N) is 1. The summed E-state index contributed by atoms with van der Waals surface area (Å²) in [6.07, 6.45) is 1.67. The van der Waals surface area contributed by atoms with Gasteiger partial charge in [-0.25, -0.2) is 9.97 Å². The monoisotopic (exact) mass is 387 g/mol. The molecule has 0 aliphatic rings. The fourth-order valence-electron chi connectivity index (χ4n) is 3.21. The van der Waals surface area contributed by atoms with Crippen LogP contribution in [0.3, 0.4) is 0 Å². The van der Waals surface area contributed by atoms with Crippen LogP contribution in [0.2, 0.25) is 0 Å². The molecule has 0 spiro atoms. The number of nitrogens with zero attached hydrogens (tertiary/aromatic N) is 4. The maximum Gasteiger partial charge on any atom is 0.243 e. The third kappa shape index (κ3) is 3.68. The van der Waals surface area contributed by atoms with E-state index in [4.69, 9.17) is 12.6 Å². The molecule has 6 nitrogen and oxygen atoms in total. The molecule has 0 aliphatic heterocycles. The molecule has 4 rings (SSSR count). The fraction of sp³-hybridized carbons (Fsp3) is 0.200. The summed E-state index contributed by atoms with van der Waals surface area (Å²) in [6, 6.07) is 9.76. The van der Waals surface area contributed by atoms with Crippen molar-refractivity contribution >= 4 is 40.8 Å². The summed E-state index contributed by atoms with van der Waals surface area (Å²) in [5, 5.41) is 12.4. The predicted molar refractivity (Wildman–Crippen MR) is 114 cm³/mol. The fourth-order valence-corrected chi connectivity index (χ4v) is 4.10. The van der Waals surface area contributed by atoms with Crippen molar-refractivity contribution in [1.82, 2.24) is 20.2 Å². The lowest BCUT2D eigenvalue weighted by Crippen LogP contribution is -2.08. The normalized spacial score (nSPS) is 11.0. The van der Waals surface area contributed by atoms with E-state index in [0.29, 0.717) is 12.5 Å². The number of thiazole rings is 1. The number of rotatable bonds is 5. The number of hydrogen-bond donors (Lipinski definition) is 1. The Morgan fingerprint density at radius 3 is 2.64 bits per heavy atom. The topological polar surface area (TPSA) is 72.8 Å². The largest absolute Gasteiger partial charge is 0.497 e. The van der Waals surface area contributed by atoms with Crippen molar-refractivity contribution in [2.24, 2.45) is 0 Å². The molecule has 2 aromatic carbocycles. The Balaban J connectivity index is 1.56. The van der Waals surface area contributed by atoms with Crippen LogP contribution in [0.1, 0.15) is 16.1 Å². The van der Waals surface area contributed by atoms with Crippen molar-refractivity contribution in [3.05, 3.63) is 52.7 Å². The van der Waals surface area contributed by atoms with E-state index in [1.54, 1.807) is 24.6 Å². The number of anilines is 1. The summed E-state index contributed by atoms with van der Waals surface area (Å²) in [6.45, 7) is 4.55. The highest BCUT2D eigenvalue weighted by atomic mass is 32.1. The van der Waals surface area contributed by atoms with Gasteiger partial charge in [0.15, 0.2) is 0 Å². The molecule has 28 heavy (non-hydrogen) atoms. The van der Waals surface area contributed by atoms with Gasteiger partial charge in [-0.1, -0.05) is 17.6 Å². The standard InChI is InChI=1S/C20H18BN5OS/c1-11-6-13(21)7-12(2)19(11)16-9-23-26-20(25-16)22-10-18-24-15-8-14(27-3)4-5-17(15)28-18/h4-9H,10H2,1-3H3,(H,22,25,26). The number of aryl methyl sites for hydroxylation is 2. The van der Waals surface area contributed by atoms with Gasteiger partial charge in [-0.3, -0.25) is 0 Å². The van der Waals surface area contributed by atoms with Crippen LogP contribution in [0, 0.1) is 13.8 Å². The number of methoxy groups -OCH3 is 1. The molecule has 0 bridgehead atoms. The van der Waals surface area contributed by atoms with Crippen LogP contribution in [-0.2, 0) is 6.54 Å². The van der Waals surface area contributed by atoms with Gasteiger partial charge in [0.25, 0.3) is 0 Å². The Morgan fingerprint density at radius 2 is 1.89 bits per heavy atom. The molecular formula is C20H18BN5OS. The predicted octanol–water partition coefficient (Wildman–Crippen LogP) is 3.18. The molecule has 0 aliphatic carbocycles. The Kier molecular flexibility index (Phi) is 4.96. The summed E-state index contributed by atoms with van der Waals surface area (Å²) < 4.78 is 6.37. The second-order valence-corrected chi connectivity index (χ2v) is 7.60. The minimum absolute atomic E-state index is 0.463. The van der Waals surface area contributed by atoms with E-state index < -0.39 is 0 Å². The van der Waals surface area contributed by atoms with Crippen LogP contribution in [0.25, 0.3) is 21.5 Å². The zero-order valence-electron chi connectivity index (χ0n) is 15.9. The molecule has 8 heteroatoms. The lowest BCUT2D eigenvalue weighted by molar-refractivity contribution is 0.415. The number of benzene rings is 2. The third-order valence-electron chi connectivity index (χ3n) is 4.41.